The molecule has 2 aromatic carbocycles. The molecule has 144 valence electrons. The first-order chi connectivity index (χ1) is 13.2. The molecule has 0 bridgehead atoms. The van der Waals surface area contributed by atoms with Crippen LogP contribution in [-0.4, -0.2) is 53.2 Å². The summed E-state index contributed by atoms with van der Waals surface area (Å²) >= 11 is 0. The zero-order valence-electron chi connectivity index (χ0n) is 16.4. The number of piperidine rings is 2. The van der Waals surface area contributed by atoms with Crippen LogP contribution in [0.5, 0.6) is 0 Å². The van der Waals surface area contributed by atoms with Gasteiger partial charge in [-0.2, -0.15) is 0 Å². The fourth-order valence-corrected chi connectivity index (χ4v) is 4.81. The van der Waals surface area contributed by atoms with Gasteiger partial charge in [-0.3, -0.25) is 9.80 Å². The highest BCUT2D eigenvalue weighted by molar-refractivity contribution is 5.25. The van der Waals surface area contributed by atoms with Gasteiger partial charge in [0.1, 0.15) is 0 Å². The Balaban J connectivity index is 1.36. The Bertz CT molecular complexity index is 724. The van der Waals surface area contributed by atoms with Crippen LogP contribution in [0.15, 0.2) is 54.6 Å². The second-order valence-corrected chi connectivity index (χ2v) is 8.31. The second-order valence-electron chi connectivity index (χ2n) is 8.31. The number of likely N-dealkylation sites (tertiary alicyclic amines) is 2. The van der Waals surface area contributed by atoms with Gasteiger partial charge in [0.25, 0.3) is 0 Å². The molecule has 4 rings (SSSR count). The number of nitrogens with zero attached hydrogens (tertiary/aromatic N) is 2. The van der Waals surface area contributed by atoms with Crippen molar-refractivity contribution in [2.45, 2.75) is 50.8 Å². The van der Waals surface area contributed by atoms with Crippen molar-refractivity contribution in [3.8, 4) is 0 Å². The highest BCUT2D eigenvalue weighted by Gasteiger charge is 2.34. The van der Waals surface area contributed by atoms with Crippen LogP contribution in [0.1, 0.15) is 41.9 Å². The minimum absolute atomic E-state index is 0.189. The summed E-state index contributed by atoms with van der Waals surface area (Å²) in [5, 5.41) is 10.7. The molecule has 27 heavy (non-hydrogen) atoms. The summed E-state index contributed by atoms with van der Waals surface area (Å²) < 4.78 is 0. The van der Waals surface area contributed by atoms with E-state index in [1.165, 1.54) is 29.5 Å². The standard InChI is InChI=1S/C24H32N2O/c1-19-7-5-6-10-22(19)17-25-14-13-24(27)23(18-25)26-15-11-21(12-16-26)20-8-3-2-4-9-20/h2-10,21,23-24,27H,11-18H2,1H3/t23-,24-/m1/s1. The molecule has 0 aliphatic carbocycles. The molecule has 2 aliphatic rings. The molecule has 1 N–H and O–H groups in total. The van der Waals surface area contributed by atoms with E-state index < -0.39 is 0 Å². The quantitative estimate of drug-likeness (QED) is 0.894. The van der Waals surface area contributed by atoms with E-state index in [1.807, 2.05) is 0 Å². The first-order valence-electron chi connectivity index (χ1n) is 10.4. The van der Waals surface area contributed by atoms with Crippen LogP contribution in [0.4, 0.5) is 0 Å². The van der Waals surface area contributed by atoms with E-state index in [4.69, 9.17) is 0 Å². The molecule has 2 fully saturated rings. The summed E-state index contributed by atoms with van der Waals surface area (Å²) in [6.07, 6.45) is 3.09. The maximum Gasteiger partial charge on any atom is 0.0720 e. The molecular formula is C24H32N2O. The Morgan fingerprint density at radius 1 is 0.889 bits per heavy atom. The second kappa shape index (κ2) is 8.55. The van der Waals surface area contributed by atoms with Gasteiger partial charge in [-0.25, -0.2) is 0 Å². The smallest absolute Gasteiger partial charge is 0.0720 e. The summed E-state index contributed by atoms with van der Waals surface area (Å²) in [6.45, 7) is 7.35. The predicted molar refractivity (Wildman–Crippen MR) is 111 cm³/mol. The summed E-state index contributed by atoms with van der Waals surface area (Å²) in [5.41, 5.74) is 4.25. The molecule has 2 heterocycles. The molecule has 0 saturated carbocycles. The van der Waals surface area contributed by atoms with Crippen molar-refractivity contribution in [2.75, 3.05) is 26.2 Å². The van der Waals surface area contributed by atoms with E-state index in [0.717, 1.165) is 39.1 Å². The lowest BCUT2D eigenvalue weighted by molar-refractivity contribution is -0.0222. The number of rotatable bonds is 4. The van der Waals surface area contributed by atoms with Crippen molar-refractivity contribution in [3.63, 3.8) is 0 Å². The van der Waals surface area contributed by atoms with Crippen LogP contribution in [0.2, 0.25) is 0 Å². The predicted octanol–water partition coefficient (Wildman–Crippen LogP) is 3.81. The summed E-state index contributed by atoms with van der Waals surface area (Å²) in [6, 6.07) is 19.9. The van der Waals surface area contributed by atoms with Gasteiger partial charge in [-0.15, -0.1) is 0 Å². The third kappa shape index (κ3) is 4.43. The van der Waals surface area contributed by atoms with Crippen LogP contribution in [-0.2, 0) is 6.54 Å². The first-order valence-corrected chi connectivity index (χ1v) is 10.4. The molecule has 0 aromatic heterocycles. The lowest BCUT2D eigenvalue weighted by Crippen LogP contribution is -2.56. The fourth-order valence-electron chi connectivity index (χ4n) is 4.81. The Morgan fingerprint density at radius 2 is 1.59 bits per heavy atom. The van der Waals surface area contributed by atoms with Crippen molar-refractivity contribution in [3.05, 3.63) is 71.3 Å². The third-order valence-electron chi connectivity index (χ3n) is 6.56. The summed E-state index contributed by atoms with van der Waals surface area (Å²) in [7, 11) is 0. The SMILES string of the molecule is Cc1ccccc1CN1CC[C@@H](O)[C@H](N2CCC(c3ccccc3)CC2)C1. The summed E-state index contributed by atoms with van der Waals surface area (Å²) in [4.78, 5) is 5.08. The van der Waals surface area contributed by atoms with E-state index in [-0.39, 0.29) is 12.1 Å². The molecule has 0 unspecified atom stereocenters. The number of aliphatic hydroxyl groups is 1. The Kier molecular flexibility index (Phi) is 5.92. The highest BCUT2D eigenvalue weighted by Crippen LogP contribution is 2.30. The maximum absolute atomic E-state index is 10.7. The monoisotopic (exact) mass is 364 g/mol. The van der Waals surface area contributed by atoms with Crippen molar-refractivity contribution in [2.24, 2.45) is 0 Å². The van der Waals surface area contributed by atoms with Gasteiger partial charge in [0.15, 0.2) is 0 Å². The van der Waals surface area contributed by atoms with E-state index >= 15 is 0 Å². The highest BCUT2D eigenvalue weighted by atomic mass is 16.3. The third-order valence-corrected chi connectivity index (χ3v) is 6.56. The van der Waals surface area contributed by atoms with E-state index in [2.05, 4.69) is 71.3 Å². The normalized spacial score (nSPS) is 25.6. The number of aliphatic hydroxyl groups excluding tert-OH is 1. The van der Waals surface area contributed by atoms with Gasteiger partial charge in [-0.1, -0.05) is 54.6 Å². The first kappa shape index (κ1) is 18.7. The Hall–Kier alpha value is -1.68. The lowest BCUT2D eigenvalue weighted by atomic mass is 9.88. The molecule has 2 saturated heterocycles. The zero-order valence-corrected chi connectivity index (χ0v) is 16.4. The molecular weight excluding hydrogens is 332 g/mol. The van der Waals surface area contributed by atoms with Crippen molar-refractivity contribution >= 4 is 0 Å². The lowest BCUT2D eigenvalue weighted by Gasteiger charge is -2.45. The molecule has 2 aliphatic heterocycles. The van der Waals surface area contributed by atoms with Crippen LogP contribution < -0.4 is 0 Å². The average Bonchev–Trinajstić information content (AvgIpc) is 2.72. The van der Waals surface area contributed by atoms with Crippen LogP contribution >= 0.6 is 0 Å². The Morgan fingerprint density at radius 3 is 2.33 bits per heavy atom. The molecule has 2 atom stereocenters. The number of hydrogen-bond donors (Lipinski definition) is 1. The largest absolute Gasteiger partial charge is 0.391 e. The van der Waals surface area contributed by atoms with Gasteiger partial charge in [-0.05, 0) is 61.9 Å². The van der Waals surface area contributed by atoms with Crippen molar-refractivity contribution in [1.82, 2.24) is 9.80 Å². The maximum atomic E-state index is 10.7. The van der Waals surface area contributed by atoms with Gasteiger partial charge >= 0.3 is 0 Å². The fraction of sp³-hybridized carbons (Fsp3) is 0.500. The molecule has 0 spiro atoms. The van der Waals surface area contributed by atoms with E-state index in [9.17, 15) is 5.11 Å². The zero-order chi connectivity index (χ0) is 18.6. The number of benzene rings is 2. The van der Waals surface area contributed by atoms with Crippen LogP contribution in [0.25, 0.3) is 0 Å². The van der Waals surface area contributed by atoms with Gasteiger partial charge in [0.05, 0.1) is 6.10 Å². The summed E-state index contributed by atoms with van der Waals surface area (Å²) in [5.74, 6) is 0.672. The Labute approximate surface area is 163 Å². The van der Waals surface area contributed by atoms with Gasteiger partial charge in [0, 0.05) is 25.7 Å². The van der Waals surface area contributed by atoms with Crippen LogP contribution in [0, 0.1) is 6.92 Å². The molecule has 3 heteroatoms. The number of aryl methyl sites for hydroxylation is 1. The topological polar surface area (TPSA) is 26.7 Å². The van der Waals surface area contributed by atoms with Crippen molar-refractivity contribution in [1.29, 1.82) is 0 Å². The molecule has 3 nitrogen and oxygen atoms in total. The van der Waals surface area contributed by atoms with Gasteiger partial charge in [0.2, 0.25) is 0 Å². The molecule has 2 aromatic rings. The van der Waals surface area contributed by atoms with Gasteiger partial charge < -0.3 is 5.11 Å². The number of hydrogen-bond acceptors (Lipinski definition) is 3. The average molecular weight is 365 g/mol. The van der Waals surface area contributed by atoms with E-state index in [1.54, 1.807) is 0 Å². The van der Waals surface area contributed by atoms with Crippen molar-refractivity contribution < 1.29 is 5.11 Å². The van der Waals surface area contributed by atoms with E-state index in [0.29, 0.717) is 5.92 Å². The minimum atomic E-state index is -0.189. The molecule has 0 amide bonds. The molecule has 0 radical (unpaired) electrons. The minimum Gasteiger partial charge on any atom is -0.391 e. The van der Waals surface area contributed by atoms with Crippen LogP contribution in [0.3, 0.4) is 0 Å².